The molecule has 4 heteroatoms. The van der Waals surface area contributed by atoms with Crippen molar-refractivity contribution < 1.29 is 5.21 Å². The Morgan fingerprint density at radius 2 is 2.33 bits per heavy atom. The fourth-order valence-corrected chi connectivity index (χ4v) is 0.653. The molecule has 12 heavy (non-hydrogen) atoms. The topological polar surface area (TPSA) is 57.0 Å². The molecule has 0 saturated carbocycles. The molecule has 1 unspecified atom stereocenters. The van der Waals surface area contributed by atoms with Crippen LogP contribution < -0.4 is 5.32 Å². The second-order valence-electron chi connectivity index (χ2n) is 2.69. The van der Waals surface area contributed by atoms with Gasteiger partial charge in [-0.3, -0.25) is 4.99 Å². The highest BCUT2D eigenvalue weighted by Gasteiger charge is 1.93. The third-order valence-corrected chi connectivity index (χ3v) is 1.29. The lowest BCUT2D eigenvalue weighted by molar-refractivity contribution is 0.318. The Morgan fingerprint density at radius 3 is 2.92 bits per heavy atom. The molecule has 0 aliphatic rings. The van der Waals surface area contributed by atoms with E-state index in [1.807, 2.05) is 6.92 Å². The zero-order chi connectivity index (χ0) is 9.23. The lowest BCUT2D eigenvalue weighted by Crippen LogP contribution is -2.12. The summed E-state index contributed by atoms with van der Waals surface area (Å²) in [5.74, 6) is 0.190. The van der Waals surface area contributed by atoms with Gasteiger partial charge in [0.05, 0.1) is 6.34 Å². The molecular weight excluding hydrogens is 154 g/mol. The van der Waals surface area contributed by atoms with Crippen molar-refractivity contribution in [3.05, 3.63) is 0 Å². The van der Waals surface area contributed by atoms with Crippen LogP contribution in [0.3, 0.4) is 0 Å². The van der Waals surface area contributed by atoms with Crippen molar-refractivity contribution in [3.8, 4) is 0 Å². The first-order valence-electron chi connectivity index (χ1n) is 4.20. The standard InChI is InChI=1S/C8H17N3O/c1-3-4-9-7-10-5-8(2)6-11-12/h6-8,12H,3-5H2,1-2H3,(H,9,10)/b11-6-. The van der Waals surface area contributed by atoms with E-state index in [9.17, 15) is 0 Å². The van der Waals surface area contributed by atoms with Crippen LogP contribution in [-0.4, -0.2) is 30.8 Å². The van der Waals surface area contributed by atoms with E-state index in [-0.39, 0.29) is 5.92 Å². The molecule has 0 rings (SSSR count). The zero-order valence-corrected chi connectivity index (χ0v) is 7.70. The molecule has 4 nitrogen and oxygen atoms in total. The molecule has 0 aromatic carbocycles. The summed E-state index contributed by atoms with van der Waals surface area (Å²) in [5.41, 5.74) is 0. The Balaban J connectivity index is 3.33. The first-order chi connectivity index (χ1) is 5.81. The van der Waals surface area contributed by atoms with Gasteiger partial charge in [0.25, 0.3) is 0 Å². The largest absolute Gasteiger partial charge is 0.411 e. The second-order valence-corrected chi connectivity index (χ2v) is 2.69. The van der Waals surface area contributed by atoms with Gasteiger partial charge >= 0.3 is 0 Å². The lowest BCUT2D eigenvalue weighted by Gasteiger charge is -1.98. The number of aliphatic imine (C=N–C) groups is 1. The molecule has 2 N–H and O–H groups in total. The summed E-state index contributed by atoms with van der Waals surface area (Å²) in [5, 5.41) is 14.1. The van der Waals surface area contributed by atoms with Gasteiger partial charge in [-0.25, -0.2) is 0 Å². The third kappa shape index (κ3) is 7.05. The van der Waals surface area contributed by atoms with E-state index in [1.54, 1.807) is 6.34 Å². The van der Waals surface area contributed by atoms with Gasteiger partial charge in [-0.2, -0.15) is 0 Å². The summed E-state index contributed by atoms with van der Waals surface area (Å²) < 4.78 is 0. The first-order valence-corrected chi connectivity index (χ1v) is 4.20. The Kier molecular flexibility index (Phi) is 7.33. The van der Waals surface area contributed by atoms with Crippen molar-refractivity contribution in [2.24, 2.45) is 16.1 Å². The van der Waals surface area contributed by atoms with Crippen LogP contribution in [-0.2, 0) is 0 Å². The quantitative estimate of drug-likeness (QED) is 0.207. The molecule has 0 radical (unpaired) electrons. The van der Waals surface area contributed by atoms with Gasteiger partial charge in [0.2, 0.25) is 0 Å². The Bertz CT molecular complexity index is 145. The second kappa shape index (κ2) is 8.04. The van der Waals surface area contributed by atoms with Crippen molar-refractivity contribution in [2.75, 3.05) is 13.1 Å². The molecule has 0 heterocycles. The summed E-state index contributed by atoms with van der Waals surface area (Å²) in [6.07, 6.45) is 4.27. The van der Waals surface area contributed by atoms with Crippen LogP contribution >= 0.6 is 0 Å². The van der Waals surface area contributed by atoms with Crippen molar-refractivity contribution in [2.45, 2.75) is 20.3 Å². The van der Waals surface area contributed by atoms with E-state index >= 15 is 0 Å². The fourth-order valence-electron chi connectivity index (χ4n) is 0.653. The monoisotopic (exact) mass is 171 g/mol. The van der Waals surface area contributed by atoms with E-state index in [2.05, 4.69) is 22.4 Å². The minimum absolute atomic E-state index is 0.190. The summed E-state index contributed by atoms with van der Waals surface area (Å²) >= 11 is 0. The van der Waals surface area contributed by atoms with Crippen LogP contribution in [0.15, 0.2) is 10.1 Å². The van der Waals surface area contributed by atoms with Crippen LogP contribution in [0.1, 0.15) is 20.3 Å². The molecule has 0 aliphatic carbocycles. The van der Waals surface area contributed by atoms with E-state index < -0.39 is 0 Å². The number of oxime groups is 1. The van der Waals surface area contributed by atoms with E-state index in [4.69, 9.17) is 5.21 Å². The molecule has 0 aromatic heterocycles. The van der Waals surface area contributed by atoms with Gasteiger partial charge in [-0.1, -0.05) is 13.8 Å². The number of hydrogen-bond donors (Lipinski definition) is 2. The molecule has 70 valence electrons. The number of rotatable bonds is 6. The van der Waals surface area contributed by atoms with Crippen LogP contribution in [0.5, 0.6) is 0 Å². The maximum absolute atomic E-state index is 8.18. The molecular formula is C8H17N3O. The average Bonchev–Trinajstić information content (AvgIpc) is 2.05. The predicted octanol–water partition coefficient (Wildman–Crippen LogP) is 1.11. The normalized spacial score (nSPS) is 14.2. The molecule has 0 bridgehead atoms. The highest BCUT2D eigenvalue weighted by molar-refractivity contribution is 5.60. The highest BCUT2D eigenvalue weighted by Crippen LogP contribution is 1.89. The Labute approximate surface area is 73.4 Å². The summed E-state index contributed by atoms with van der Waals surface area (Å²) in [4.78, 5) is 4.09. The SMILES string of the molecule is CCCNC=NCC(C)/C=N\O. The average molecular weight is 171 g/mol. The number of nitrogens with zero attached hydrogens (tertiary/aromatic N) is 2. The summed E-state index contributed by atoms with van der Waals surface area (Å²) in [6, 6.07) is 0. The van der Waals surface area contributed by atoms with Gasteiger partial charge in [0.15, 0.2) is 0 Å². The maximum Gasteiger partial charge on any atom is 0.0824 e. The first kappa shape index (κ1) is 10.9. The Morgan fingerprint density at radius 1 is 1.58 bits per heavy atom. The van der Waals surface area contributed by atoms with Crippen LogP contribution in [0, 0.1) is 5.92 Å². The summed E-state index contributed by atoms with van der Waals surface area (Å²) in [7, 11) is 0. The smallest absolute Gasteiger partial charge is 0.0824 e. The highest BCUT2D eigenvalue weighted by atomic mass is 16.4. The maximum atomic E-state index is 8.18. The number of nitrogens with one attached hydrogen (secondary N) is 1. The molecule has 0 amide bonds. The van der Waals surface area contributed by atoms with Crippen molar-refractivity contribution in [1.29, 1.82) is 0 Å². The van der Waals surface area contributed by atoms with E-state index in [1.165, 1.54) is 6.21 Å². The van der Waals surface area contributed by atoms with Gasteiger partial charge in [0, 0.05) is 25.2 Å². The van der Waals surface area contributed by atoms with Crippen LogP contribution in [0.2, 0.25) is 0 Å². The van der Waals surface area contributed by atoms with E-state index in [0.717, 1.165) is 13.0 Å². The molecule has 0 saturated heterocycles. The molecule has 0 spiro atoms. The molecule has 0 aliphatic heterocycles. The molecule has 1 atom stereocenters. The van der Waals surface area contributed by atoms with Crippen molar-refractivity contribution >= 4 is 12.6 Å². The van der Waals surface area contributed by atoms with Crippen molar-refractivity contribution in [1.82, 2.24) is 5.32 Å². The van der Waals surface area contributed by atoms with Crippen LogP contribution in [0.4, 0.5) is 0 Å². The summed E-state index contributed by atoms with van der Waals surface area (Å²) in [6.45, 7) is 5.64. The van der Waals surface area contributed by atoms with Gasteiger partial charge in [-0.15, -0.1) is 5.16 Å². The van der Waals surface area contributed by atoms with Gasteiger partial charge in [0.1, 0.15) is 0 Å². The lowest BCUT2D eigenvalue weighted by atomic mass is 10.2. The fraction of sp³-hybridized carbons (Fsp3) is 0.750. The predicted molar refractivity (Wildman–Crippen MR) is 51.1 cm³/mol. The minimum atomic E-state index is 0.190. The third-order valence-electron chi connectivity index (χ3n) is 1.29. The number of hydrogen-bond acceptors (Lipinski definition) is 3. The van der Waals surface area contributed by atoms with Crippen LogP contribution in [0.25, 0.3) is 0 Å². The minimum Gasteiger partial charge on any atom is -0.411 e. The van der Waals surface area contributed by atoms with Gasteiger partial charge < -0.3 is 10.5 Å². The molecule has 0 aromatic rings. The zero-order valence-electron chi connectivity index (χ0n) is 7.70. The van der Waals surface area contributed by atoms with E-state index in [0.29, 0.717) is 6.54 Å². The van der Waals surface area contributed by atoms with Crippen molar-refractivity contribution in [3.63, 3.8) is 0 Å². The Hall–Kier alpha value is -1.06. The molecule has 0 fully saturated rings. The van der Waals surface area contributed by atoms with Gasteiger partial charge in [-0.05, 0) is 6.42 Å².